The van der Waals surface area contributed by atoms with Gasteiger partial charge >= 0.3 is 0 Å². The Balaban J connectivity index is 1.24. The van der Waals surface area contributed by atoms with E-state index in [4.69, 9.17) is 16.3 Å². The Kier molecular flexibility index (Phi) is 7.86. The number of carbonyl (C=O) groups is 4. The van der Waals surface area contributed by atoms with Crippen molar-refractivity contribution in [2.75, 3.05) is 6.54 Å². The predicted octanol–water partition coefficient (Wildman–Crippen LogP) is 6.06. The van der Waals surface area contributed by atoms with Crippen molar-refractivity contribution in [2.24, 2.45) is 23.7 Å². The molecule has 2 aliphatic carbocycles. The van der Waals surface area contributed by atoms with Crippen molar-refractivity contribution in [1.82, 2.24) is 10.0 Å². The van der Waals surface area contributed by atoms with E-state index < -0.39 is 46.8 Å². The number of benzene rings is 3. The molecule has 2 saturated carbocycles. The van der Waals surface area contributed by atoms with E-state index in [1.807, 2.05) is 0 Å². The molecule has 3 aromatic rings. The third kappa shape index (κ3) is 5.25. The first-order valence-electron chi connectivity index (χ1n) is 13.3. The molecule has 10 nitrogen and oxygen atoms in total. The molecule has 220 valence electrons. The number of imide groups is 1. The summed E-state index contributed by atoms with van der Waals surface area (Å²) in [5.41, 5.74) is 0.322. The van der Waals surface area contributed by atoms with Crippen LogP contribution in [0, 0.1) is 33.8 Å². The summed E-state index contributed by atoms with van der Waals surface area (Å²) < 4.78 is 5.72. The smallest absolute Gasteiger partial charge is 0.273 e. The zero-order valence-corrected chi connectivity index (χ0v) is 26.1. The average Bonchev–Trinajstić information content (AvgIpc) is 3.61. The monoisotopic (exact) mass is 729 g/mol. The molecule has 1 heterocycles. The number of fused-ring (bicyclic) bond motifs is 5. The number of hydrogen-bond acceptors (Lipinski definition) is 7. The summed E-state index contributed by atoms with van der Waals surface area (Å²) in [5, 5.41) is 13.1. The molecule has 6 atom stereocenters. The number of ketones is 1. The van der Waals surface area contributed by atoms with E-state index in [0.717, 1.165) is 16.4 Å². The summed E-state index contributed by atoms with van der Waals surface area (Å²) in [7, 11) is 0. The molecule has 0 radical (unpaired) electrons. The minimum atomic E-state index is -0.678. The first-order chi connectivity index (χ1) is 20.5. The first kappa shape index (κ1) is 29.5. The molecule has 2 bridgehead atoms. The van der Waals surface area contributed by atoms with Gasteiger partial charge in [-0.05, 0) is 78.9 Å². The Labute approximate surface area is 267 Å². The van der Waals surface area contributed by atoms with Gasteiger partial charge in [0.05, 0.1) is 16.8 Å². The van der Waals surface area contributed by atoms with Crippen molar-refractivity contribution in [3.05, 3.63) is 99.1 Å². The molecule has 3 amide bonds. The number of hydrazine groups is 1. The lowest BCUT2D eigenvalue weighted by Crippen LogP contribution is -2.52. The van der Waals surface area contributed by atoms with E-state index in [-0.39, 0.29) is 38.3 Å². The number of non-ortho nitro benzene ring substituents is 1. The molecular formula is C30H22Br2ClN3O7. The van der Waals surface area contributed by atoms with E-state index in [9.17, 15) is 29.3 Å². The number of amides is 3. The van der Waals surface area contributed by atoms with Crippen molar-refractivity contribution in [2.45, 2.75) is 16.1 Å². The lowest BCUT2D eigenvalue weighted by molar-refractivity contribution is -0.384. The minimum absolute atomic E-state index is 0.0178. The summed E-state index contributed by atoms with van der Waals surface area (Å²) in [6.07, 6.45) is 0.727. The molecule has 0 spiro atoms. The maximum atomic E-state index is 13.8. The van der Waals surface area contributed by atoms with E-state index in [1.165, 1.54) is 60.7 Å². The fourth-order valence-corrected chi connectivity index (χ4v) is 8.25. The highest BCUT2D eigenvalue weighted by molar-refractivity contribution is 9.12. The zero-order valence-electron chi connectivity index (χ0n) is 22.1. The summed E-state index contributed by atoms with van der Waals surface area (Å²) in [6.45, 7) is -0.550. The van der Waals surface area contributed by atoms with Crippen LogP contribution in [0.4, 0.5) is 5.69 Å². The van der Waals surface area contributed by atoms with Gasteiger partial charge in [-0.2, -0.15) is 5.01 Å². The normalized spacial score (nSPS) is 25.5. The molecule has 1 aliphatic heterocycles. The number of alkyl halides is 2. The topological polar surface area (TPSA) is 127 Å². The number of rotatable bonds is 8. The van der Waals surface area contributed by atoms with Crippen molar-refractivity contribution in [3.8, 4) is 11.5 Å². The van der Waals surface area contributed by atoms with Gasteiger partial charge in [0.2, 0.25) is 0 Å². The molecule has 0 unspecified atom stereocenters. The standard InChI is InChI=1S/C30H22Br2ClN3O7/c31-26-21-13-22(27(26)32)25-24(21)29(39)35(30(25)40)34(28(38)16-1-5-17(33)6-2-16)14-23(37)15-3-9-19(10-4-15)43-20-11-7-18(8-12-20)36(41)42/h1-12,21-22,24-27H,13-14H2/t21-,22-,24-,25+,26-,27+/m1/s1. The van der Waals surface area contributed by atoms with Crippen LogP contribution in [0.25, 0.3) is 0 Å². The Morgan fingerprint density at radius 2 is 1.35 bits per heavy atom. The second kappa shape index (κ2) is 11.5. The van der Waals surface area contributed by atoms with Crippen LogP contribution in [0.2, 0.25) is 5.02 Å². The highest BCUT2D eigenvalue weighted by Crippen LogP contribution is 2.60. The van der Waals surface area contributed by atoms with Crippen LogP contribution in [-0.2, 0) is 9.59 Å². The lowest BCUT2D eigenvalue weighted by atomic mass is 9.81. The second-order valence-electron chi connectivity index (χ2n) is 10.7. The van der Waals surface area contributed by atoms with Crippen LogP contribution in [0.5, 0.6) is 11.5 Å². The van der Waals surface area contributed by atoms with Crippen molar-refractivity contribution in [3.63, 3.8) is 0 Å². The number of halogens is 3. The number of nitro benzene ring substituents is 1. The Morgan fingerprint density at radius 3 is 1.86 bits per heavy atom. The van der Waals surface area contributed by atoms with Crippen LogP contribution in [0.15, 0.2) is 72.8 Å². The van der Waals surface area contributed by atoms with Gasteiger partial charge in [0, 0.05) is 37.9 Å². The van der Waals surface area contributed by atoms with Gasteiger partial charge in [-0.1, -0.05) is 43.5 Å². The Hall–Kier alpha value is -3.61. The van der Waals surface area contributed by atoms with E-state index >= 15 is 0 Å². The number of nitro groups is 1. The third-order valence-electron chi connectivity index (χ3n) is 8.28. The number of nitrogens with zero attached hydrogens (tertiary/aromatic N) is 3. The molecule has 13 heteroatoms. The fourth-order valence-electron chi connectivity index (χ4n) is 6.25. The van der Waals surface area contributed by atoms with Crippen molar-refractivity contribution < 1.29 is 28.8 Å². The summed E-state index contributed by atoms with van der Waals surface area (Å²) >= 11 is 13.3. The van der Waals surface area contributed by atoms with Crippen LogP contribution >= 0.6 is 43.5 Å². The van der Waals surface area contributed by atoms with E-state index in [0.29, 0.717) is 16.5 Å². The van der Waals surface area contributed by atoms with Gasteiger partial charge in [0.1, 0.15) is 18.0 Å². The van der Waals surface area contributed by atoms with Crippen molar-refractivity contribution in [1.29, 1.82) is 0 Å². The lowest BCUT2D eigenvalue weighted by Gasteiger charge is -2.31. The largest absolute Gasteiger partial charge is 0.457 e. The summed E-state index contributed by atoms with van der Waals surface area (Å²) in [4.78, 5) is 65.2. The average molecular weight is 732 g/mol. The van der Waals surface area contributed by atoms with Crippen LogP contribution in [0.3, 0.4) is 0 Å². The minimum Gasteiger partial charge on any atom is -0.457 e. The highest BCUT2D eigenvalue weighted by Gasteiger charge is 2.67. The van der Waals surface area contributed by atoms with Gasteiger partial charge in [-0.25, -0.2) is 5.01 Å². The van der Waals surface area contributed by atoms with E-state index in [2.05, 4.69) is 31.9 Å². The van der Waals surface area contributed by atoms with Crippen LogP contribution < -0.4 is 4.74 Å². The molecule has 0 aromatic heterocycles. The molecular weight excluding hydrogens is 710 g/mol. The highest BCUT2D eigenvalue weighted by atomic mass is 79.9. The summed E-state index contributed by atoms with van der Waals surface area (Å²) in [6, 6.07) is 17.6. The van der Waals surface area contributed by atoms with Gasteiger partial charge in [-0.15, -0.1) is 0 Å². The van der Waals surface area contributed by atoms with Crippen molar-refractivity contribution >= 4 is 72.7 Å². The third-order valence-corrected chi connectivity index (χ3v) is 11.7. The quantitative estimate of drug-likeness (QED) is 0.0907. The fraction of sp³-hybridized carbons (Fsp3) is 0.267. The summed E-state index contributed by atoms with van der Waals surface area (Å²) in [5.74, 6) is -2.65. The van der Waals surface area contributed by atoms with Gasteiger partial charge in [0.25, 0.3) is 23.4 Å². The SMILES string of the molecule is O=C(CN(C(=O)c1ccc(Cl)cc1)N1C(=O)[C@@H]2[C@H]3C[C@@H]([C@H](Br)[C@@H]3Br)[C@@H]2C1=O)c1ccc(Oc2ccc([N+](=O)[O-])cc2)cc1. The number of Topliss-reactive ketones (excluding diaryl/α,β-unsaturated/α-hetero) is 1. The van der Waals surface area contributed by atoms with Gasteiger partial charge < -0.3 is 4.74 Å². The maximum Gasteiger partial charge on any atom is 0.273 e. The second-order valence-corrected chi connectivity index (χ2v) is 13.2. The number of hydrogen-bond donors (Lipinski definition) is 0. The molecule has 1 saturated heterocycles. The van der Waals surface area contributed by atoms with Crippen LogP contribution in [-0.4, -0.2) is 54.6 Å². The molecule has 0 N–H and O–H groups in total. The van der Waals surface area contributed by atoms with E-state index in [1.54, 1.807) is 12.1 Å². The molecule has 3 fully saturated rings. The number of carbonyl (C=O) groups excluding carboxylic acids is 4. The molecule has 3 aromatic carbocycles. The predicted molar refractivity (Wildman–Crippen MR) is 162 cm³/mol. The molecule has 6 rings (SSSR count). The zero-order chi connectivity index (χ0) is 30.6. The molecule has 43 heavy (non-hydrogen) atoms. The van der Waals surface area contributed by atoms with Gasteiger partial charge in [0.15, 0.2) is 5.78 Å². The first-order valence-corrected chi connectivity index (χ1v) is 15.5. The molecule has 3 aliphatic rings. The van der Waals surface area contributed by atoms with Crippen LogP contribution in [0.1, 0.15) is 27.1 Å². The maximum absolute atomic E-state index is 13.8. The number of ether oxygens (including phenoxy) is 1. The Bertz CT molecular complexity index is 1600. The Morgan fingerprint density at radius 1 is 0.860 bits per heavy atom. The van der Waals surface area contributed by atoms with Gasteiger partial charge in [-0.3, -0.25) is 29.3 Å².